The first-order valence-electron chi connectivity index (χ1n) is 6.06. The van der Waals surface area contributed by atoms with Crippen LogP contribution in [0.5, 0.6) is 0 Å². The van der Waals surface area contributed by atoms with Crippen LogP contribution in [0.3, 0.4) is 0 Å². The molecule has 0 bridgehead atoms. The van der Waals surface area contributed by atoms with Gasteiger partial charge in [0.25, 0.3) is 0 Å². The molecule has 16 heavy (non-hydrogen) atoms. The molecular formula is C13H21NO2. The Morgan fingerprint density at radius 2 is 2.38 bits per heavy atom. The van der Waals surface area contributed by atoms with E-state index in [0.29, 0.717) is 13.2 Å². The van der Waals surface area contributed by atoms with E-state index in [2.05, 4.69) is 31.8 Å². The summed E-state index contributed by atoms with van der Waals surface area (Å²) in [4.78, 5) is 4.47. The zero-order valence-electron chi connectivity index (χ0n) is 10.5. The molecule has 90 valence electrons. The Labute approximate surface area is 97.5 Å². The third-order valence-corrected chi connectivity index (χ3v) is 2.97. The number of rotatable bonds is 3. The molecule has 3 nitrogen and oxygen atoms in total. The topological polar surface area (TPSA) is 30.8 Å². The Morgan fingerprint density at radius 1 is 1.56 bits per heavy atom. The van der Waals surface area contributed by atoms with Crippen LogP contribution in [-0.4, -0.2) is 30.8 Å². The molecule has 0 saturated carbocycles. The van der Waals surface area contributed by atoms with Crippen molar-refractivity contribution < 1.29 is 9.47 Å². The highest BCUT2D eigenvalue weighted by Crippen LogP contribution is 2.21. The molecule has 0 unspecified atom stereocenters. The second kappa shape index (κ2) is 4.58. The summed E-state index contributed by atoms with van der Waals surface area (Å²) in [5.41, 5.74) is 1.36. The summed E-state index contributed by atoms with van der Waals surface area (Å²) in [5, 5.41) is 0. The van der Waals surface area contributed by atoms with E-state index in [1.165, 1.54) is 18.4 Å². The summed E-state index contributed by atoms with van der Waals surface area (Å²) >= 11 is 0. The van der Waals surface area contributed by atoms with Gasteiger partial charge >= 0.3 is 0 Å². The molecule has 3 heteroatoms. The fraction of sp³-hybridized carbons (Fsp3) is 0.769. The lowest BCUT2D eigenvalue weighted by molar-refractivity contribution is 0.0933. The Bertz CT molecular complexity index is 318. The van der Waals surface area contributed by atoms with E-state index >= 15 is 0 Å². The second-order valence-electron chi connectivity index (χ2n) is 5.36. The molecule has 0 N–H and O–H groups in total. The van der Waals surface area contributed by atoms with Gasteiger partial charge in [0.1, 0.15) is 13.2 Å². The maximum absolute atomic E-state index is 5.80. The molecule has 0 radical (unpaired) electrons. The van der Waals surface area contributed by atoms with Crippen LogP contribution in [0.1, 0.15) is 40.0 Å². The van der Waals surface area contributed by atoms with Gasteiger partial charge in [-0.15, -0.1) is 0 Å². The van der Waals surface area contributed by atoms with Gasteiger partial charge in [-0.25, -0.2) is 4.99 Å². The number of ether oxygens (including phenoxy) is 2. The van der Waals surface area contributed by atoms with E-state index in [1.807, 2.05) is 0 Å². The van der Waals surface area contributed by atoms with E-state index in [-0.39, 0.29) is 11.6 Å². The summed E-state index contributed by atoms with van der Waals surface area (Å²) < 4.78 is 11.3. The smallest absolute Gasteiger partial charge is 0.210 e. The van der Waals surface area contributed by atoms with Crippen molar-refractivity contribution in [3.8, 4) is 0 Å². The maximum atomic E-state index is 5.80. The standard InChI is InChI=1S/C13H21NO2/c1-10-5-4-6-11(7-10)15-8-12-14-13(2,3)9-16-12/h7,11H,4-6,8-9H2,1-3H3/t11-/m0/s1. The summed E-state index contributed by atoms with van der Waals surface area (Å²) in [6.07, 6.45) is 6.04. The largest absolute Gasteiger partial charge is 0.477 e. The molecule has 0 saturated heterocycles. The number of allylic oxidation sites excluding steroid dienone is 1. The van der Waals surface area contributed by atoms with Crippen molar-refractivity contribution in [3.63, 3.8) is 0 Å². The van der Waals surface area contributed by atoms with Crippen molar-refractivity contribution in [1.82, 2.24) is 0 Å². The second-order valence-corrected chi connectivity index (χ2v) is 5.36. The lowest BCUT2D eigenvalue weighted by Crippen LogP contribution is -2.19. The van der Waals surface area contributed by atoms with Crippen LogP contribution in [0.25, 0.3) is 0 Å². The Balaban J connectivity index is 1.82. The summed E-state index contributed by atoms with van der Waals surface area (Å²) in [5.74, 6) is 0.752. The highest BCUT2D eigenvalue weighted by atomic mass is 16.5. The molecule has 2 rings (SSSR count). The fourth-order valence-electron chi connectivity index (χ4n) is 2.11. The molecule has 1 aliphatic carbocycles. The minimum absolute atomic E-state index is 0.0724. The summed E-state index contributed by atoms with van der Waals surface area (Å²) in [6.45, 7) is 7.50. The zero-order valence-corrected chi connectivity index (χ0v) is 10.5. The highest BCUT2D eigenvalue weighted by Gasteiger charge is 2.26. The Morgan fingerprint density at radius 3 is 3.00 bits per heavy atom. The SMILES string of the molecule is CC1=C[C@@H](OCC2=NC(C)(C)CO2)CCC1. The minimum Gasteiger partial charge on any atom is -0.477 e. The van der Waals surface area contributed by atoms with Crippen LogP contribution >= 0.6 is 0 Å². The fourth-order valence-corrected chi connectivity index (χ4v) is 2.11. The van der Waals surface area contributed by atoms with Crippen molar-refractivity contribution in [2.45, 2.75) is 51.7 Å². The van der Waals surface area contributed by atoms with Crippen molar-refractivity contribution in [2.24, 2.45) is 4.99 Å². The lowest BCUT2D eigenvalue weighted by Gasteiger charge is -2.19. The predicted octanol–water partition coefficient (Wildman–Crippen LogP) is 2.71. The normalized spacial score (nSPS) is 28.3. The van der Waals surface area contributed by atoms with Crippen molar-refractivity contribution in [1.29, 1.82) is 0 Å². The molecule has 1 atom stereocenters. The van der Waals surface area contributed by atoms with Gasteiger partial charge in [-0.3, -0.25) is 0 Å². The summed E-state index contributed by atoms with van der Waals surface area (Å²) in [6, 6.07) is 0. The average Bonchev–Trinajstić information content (AvgIpc) is 2.56. The maximum Gasteiger partial charge on any atom is 0.210 e. The highest BCUT2D eigenvalue weighted by molar-refractivity contribution is 5.79. The van der Waals surface area contributed by atoms with Crippen LogP contribution in [0, 0.1) is 0 Å². The van der Waals surface area contributed by atoms with E-state index in [0.717, 1.165) is 12.3 Å². The van der Waals surface area contributed by atoms with Crippen LogP contribution in [-0.2, 0) is 9.47 Å². The van der Waals surface area contributed by atoms with Crippen LogP contribution in [0.4, 0.5) is 0 Å². The predicted molar refractivity (Wildman–Crippen MR) is 64.8 cm³/mol. The van der Waals surface area contributed by atoms with E-state index in [4.69, 9.17) is 9.47 Å². The van der Waals surface area contributed by atoms with E-state index in [9.17, 15) is 0 Å². The third-order valence-electron chi connectivity index (χ3n) is 2.97. The first kappa shape index (κ1) is 11.6. The number of hydrogen-bond donors (Lipinski definition) is 0. The van der Waals surface area contributed by atoms with Gasteiger partial charge in [0.05, 0.1) is 11.6 Å². The first-order valence-corrected chi connectivity index (χ1v) is 6.06. The molecule has 1 aliphatic heterocycles. The summed E-state index contributed by atoms with van der Waals surface area (Å²) in [7, 11) is 0. The molecule has 1 heterocycles. The average molecular weight is 223 g/mol. The number of hydrogen-bond acceptors (Lipinski definition) is 3. The number of nitrogens with zero attached hydrogens (tertiary/aromatic N) is 1. The molecular weight excluding hydrogens is 202 g/mol. The number of aliphatic imine (C=N–C) groups is 1. The molecule has 0 aromatic carbocycles. The zero-order chi connectivity index (χ0) is 11.6. The van der Waals surface area contributed by atoms with Crippen molar-refractivity contribution in [3.05, 3.63) is 11.6 Å². The van der Waals surface area contributed by atoms with Crippen LogP contribution < -0.4 is 0 Å². The molecule has 0 amide bonds. The van der Waals surface area contributed by atoms with Gasteiger partial charge in [0.15, 0.2) is 0 Å². The lowest BCUT2D eigenvalue weighted by atomic mass is 9.99. The molecule has 2 aliphatic rings. The van der Waals surface area contributed by atoms with Gasteiger partial charge < -0.3 is 9.47 Å². The monoisotopic (exact) mass is 223 g/mol. The molecule has 0 spiro atoms. The quantitative estimate of drug-likeness (QED) is 0.689. The van der Waals surface area contributed by atoms with Crippen molar-refractivity contribution >= 4 is 5.90 Å². The van der Waals surface area contributed by atoms with E-state index < -0.39 is 0 Å². The van der Waals surface area contributed by atoms with Gasteiger partial charge in [-0.05, 0) is 40.0 Å². The van der Waals surface area contributed by atoms with E-state index in [1.54, 1.807) is 0 Å². The minimum atomic E-state index is -0.0724. The molecule has 0 aromatic heterocycles. The van der Waals surface area contributed by atoms with Crippen LogP contribution in [0.2, 0.25) is 0 Å². The third kappa shape index (κ3) is 3.08. The first-order chi connectivity index (χ1) is 7.55. The van der Waals surface area contributed by atoms with Crippen LogP contribution in [0.15, 0.2) is 16.6 Å². The van der Waals surface area contributed by atoms with Gasteiger partial charge in [-0.1, -0.05) is 11.6 Å². The Kier molecular flexibility index (Phi) is 3.33. The van der Waals surface area contributed by atoms with Gasteiger partial charge in [0.2, 0.25) is 5.90 Å². The molecule has 0 fully saturated rings. The van der Waals surface area contributed by atoms with Gasteiger partial charge in [0, 0.05) is 0 Å². The van der Waals surface area contributed by atoms with Gasteiger partial charge in [-0.2, -0.15) is 0 Å². The van der Waals surface area contributed by atoms with Crippen molar-refractivity contribution in [2.75, 3.05) is 13.2 Å². The Hall–Kier alpha value is -0.830. The molecule has 0 aromatic rings.